The van der Waals surface area contributed by atoms with E-state index in [1.54, 1.807) is 48.5 Å². The van der Waals surface area contributed by atoms with Crippen LogP contribution < -0.4 is 0 Å². The SMILES string of the molecule is CC(OC(=O)c1ccc(Br)cc1)OC(=O)c1ccc(Br)cc1. The number of hydrogen-bond acceptors (Lipinski definition) is 4. The monoisotopic (exact) mass is 426 g/mol. The summed E-state index contributed by atoms with van der Waals surface area (Å²) in [7, 11) is 0. The van der Waals surface area contributed by atoms with E-state index in [9.17, 15) is 9.59 Å². The van der Waals surface area contributed by atoms with E-state index in [-0.39, 0.29) is 0 Å². The number of esters is 2. The molecule has 0 bridgehead atoms. The minimum atomic E-state index is -0.979. The molecule has 114 valence electrons. The summed E-state index contributed by atoms with van der Waals surface area (Å²) < 4.78 is 11.9. The third-order valence-corrected chi connectivity index (χ3v) is 3.76. The number of benzene rings is 2. The van der Waals surface area contributed by atoms with Crippen molar-refractivity contribution in [3.05, 3.63) is 68.6 Å². The van der Waals surface area contributed by atoms with Gasteiger partial charge in [-0.1, -0.05) is 31.9 Å². The number of hydrogen-bond donors (Lipinski definition) is 0. The second-order valence-electron chi connectivity index (χ2n) is 4.39. The fraction of sp³-hybridized carbons (Fsp3) is 0.125. The molecule has 0 fully saturated rings. The Morgan fingerprint density at radius 1 is 0.773 bits per heavy atom. The van der Waals surface area contributed by atoms with Crippen LogP contribution in [0.25, 0.3) is 0 Å². The van der Waals surface area contributed by atoms with Gasteiger partial charge in [-0.3, -0.25) is 0 Å². The molecule has 0 aromatic heterocycles. The standard InChI is InChI=1S/C16H12Br2O4/c1-10(21-15(19)11-2-6-13(17)7-3-11)22-16(20)12-4-8-14(18)9-5-12/h2-10H,1H3. The van der Waals surface area contributed by atoms with Crippen molar-refractivity contribution >= 4 is 43.8 Å². The summed E-state index contributed by atoms with van der Waals surface area (Å²) in [5.74, 6) is -1.10. The predicted octanol–water partition coefficient (Wildman–Crippen LogP) is 4.57. The van der Waals surface area contributed by atoms with E-state index >= 15 is 0 Å². The Hall–Kier alpha value is -1.66. The normalized spacial score (nSPS) is 10.4. The summed E-state index contributed by atoms with van der Waals surface area (Å²) in [6.45, 7) is 1.49. The van der Waals surface area contributed by atoms with Gasteiger partial charge in [-0.05, 0) is 48.5 Å². The Labute approximate surface area is 144 Å². The van der Waals surface area contributed by atoms with Gasteiger partial charge in [0, 0.05) is 15.9 Å². The number of ether oxygens (including phenoxy) is 2. The van der Waals surface area contributed by atoms with E-state index in [4.69, 9.17) is 9.47 Å². The van der Waals surface area contributed by atoms with E-state index in [0.717, 1.165) is 8.95 Å². The molecule has 0 unspecified atom stereocenters. The molecule has 2 aromatic carbocycles. The first-order valence-electron chi connectivity index (χ1n) is 6.39. The lowest BCUT2D eigenvalue weighted by Crippen LogP contribution is -2.21. The van der Waals surface area contributed by atoms with Crippen molar-refractivity contribution in [2.45, 2.75) is 13.2 Å². The maximum absolute atomic E-state index is 11.9. The van der Waals surface area contributed by atoms with Gasteiger partial charge in [0.2, 0.25) is 6.29 Å². The van der Waals surface area contributed by atoms with Crippen LogP contribution >= 0.6 is 31.9 Å². The van der Waals surface area contributed by atoms with Crippen LogP contribution in [0.15, 0.2) is 57.5 Å². The van der Waals surface area contributed by atoms with Gasteiger partial charge >= 0.3 is 11.9 Å². The molecule has 6 heteroatoms. The summed E-state index contributed by atoms with van der Waals surface area (Å²) in [5.41, 5.74) is 0.768. The highest BCUT2D eigenvalue weighted by Gasteiger charge is 2.16. The maximum Gasteiger partial charge on any atom is 0.341 e. The summed E-state index contributed by atoms with van der Waals surface area (Å²) in [6.07, 6.45) is -0.979. The van der Waals surface area contributed by atoms with Crippen LogP contribution in [-0.2, 0) is 9.47 Å². The Bertz CT molecular complexity index is 606. The van der Waals surface area contributed by atoms with Gasteiger partial charge in [0.1, 0.15) is 0 Å². The molecule has 0 aliphatic carbocycles. The Morgan fingerprint density at radius 3 is 1.41 bits per heavy atom. The molecule has 4 nitrogen and oxygen atoms in total. The van der Waals surface area contributed by atoms with E-state index < -0.39 is 18.2 Å². The van der Waals surface area contributed by atoms with Crippen molar-refractivity contribution in [2.75, 3.05) is 0 Å². The van der Waals surface area contributed by atoms with Crippen LogP contribution in [0.4, 0.5) is 0 Å². The lowest BCUT2D eigenvalue weighted by Gasteiger charge is -2.14. The average molecular weight is 428 g/mol. The summed E-state index contributed by atoms with van der Waals surface area (Å²) in [6, 6.07) is 13.4. The molecule has 0 heterocycles. The highest BCUT2D eigenvalue weighted by molar-refractivity contribution is 9.10. The van der Waals surface area contributed by atoms with E-state index in [0.29, 0.717) is 11.1 Å². The first-order chi connectivity index (χ1) is 10.5. The molecule has 0 radical (unpaired) electrons. The molecule has 2 rings (SSSR count). The van der Waals surface area contributed by atoms with Crippen LogP contribution in [0.2, 0.25) is 0 Å². The van der Waals surface area contributed by atoms with Crippen molar-refractivity contribution in [3.8, 4) is 0 Å². The number of carbonyl (C=O) groups is 2. The zero-order valence-corrected chi connectivity index (χ0v) is 14.8. The lowest BCUT2D eigenvalue weighted by atomic mass is 10.2. The van der Waals surface area contributed by atoms with Crippen molar-refractivity contribution in [1.29, 1.82) is 0 Å². The summed E-state index contributed by atoms with van der Waals surface area (Å²) in [4.78, 5) is 23.8. The van der Waals surface area contributed by atoms with Gasteiger partial charge in [0.15, 0.2) is 0 Å². The number of rotatable bonds is 4. The molecule has 0 amide bonds. The van der Waals surface area contributed by atoms with Gasteiger partial charge in [-0.15, -0.1) is 0 Å². The van der Waals surface area contributed by atoms with Crippen molar-refractivity contribution in [1.82, 2.24) is 0 Å². The summed E-state index contributed by atoms with van der Waals surface area (Å²) in [5, 5.41) is 0. The van der Waals surface area contributed by atoms with E-state index in [1.165, 1.54) is 6.92 Å². The minimum Gasteiger partial charge on any atom is -0.422 e. The van der Waals surface area contributed by atoms with Crippen LogP contribution in [0, 0.1) is 0 Å². The zero-order valence-electron chi connectivity index (χ0n) is 11.6. The quantitative estimate of drug-likeness (QED) is 0.529. The fourth-order valence-electron chi connectivity index (χ4n) is 1.63. The molecule has 2 aromatic rings. The first-order valence-corrected chi connectivity index (χ1v) is 7.97. The highest BCUT2D eigenvalue weighted by atomic mass is 79.9. The van der Waals surface area contributed by atoms with Gasteiger partial charge in [0.25, 0.3) is 0 Å². The molecule has 0 N–H and O–H groups in total. The smallest absolute Gasteiger partial charge is 0.341 e. The van der Waals surface area contributed by atoms with E-state index in [1.807, 2.05) is 0 Å². The second kappa shape index (κ2) is 7.56. The van der Waals surface area contributed by atoms with Crippen LogP contribution in [0.3, 0.4) is 0 Å². The Kier molecular flexibility index (Phi) is 5.74. The highest BCUT2D eigenvalue weighted by Crippen LogP contribution is 2.14. The molecule has 0 aliphatic heterocycles. The molecule has 0 atom stereocenters. The molecule has 0 saturated carbocycles. The topological polar surface area (TPSA) is 52.6 Å². The molecule has 22 heavy (non-hydrogen) atoms. The second-order valence-corrected chi connectivity index (χ2v) is 6.22. The largest absolute Gasteiger partial charge is 0.422 e. The van der Waals surface area contributed by atoms with Crippen LogP contribution in [0.1, 0.15) is 27.6 Å². The van der Waals surface area contributed by atoms with Gasteiger partial charge in [-0.25, -0.2) is 9.59 Å². The van der Waals surface area contributed by atoms with Crippen molar-refractivity contribution in [2.24, 2.45) is 0 Å². The number of halogens is 2. The van der Waals surface area contributed by atoms with Crippen LogP contribution in [-0.4, -0.2) is 18.2 Å². The van der Waals surface area contributed by atoms with Gasteiger partial charge in [-0.2, -0.15) is 0 Å². The van der Waals surface area contributed by atoms with E-state index in [2.05, 4.69) is 31.9 Å². The average Bonchev–Trinajstić information content (AvgIpc) is 2.48. The minimum absolute atomic E-state index is 0.384. The zero-order chi connectivity index (χ0) is 16.1. The molecular formula is C16H12Br2O4. The molecule has 0 aliphatic rings. The fourth-order valence-corrected chi connectivity index (χ4v) is 2.16. The maximum atomic E-state index is 11.9. The first kappa shape index (κ1) is 16.7. The van der Waals surface area contributed by atoms with Crippen LogP contribution in [0.5, 0.6) is 0 Å². The van der Waals surface area contributed by atoms with Gasteiger partial charge in [0.05, 0.1) is 11.1 Å². The Morgan fingerprint density at radius 2 is 1.09 bits per heavy atom. The molecular weight excluding hydrogens is 416 g/mol. The predicted molar refractivity (Wildman–Crippen MR) is 88.6 cm³/mol. The molecule has 0 spiro atoms. The molecule has 0 saturated heterocycles. The summed E-state index contributed by atoms with van der Waals surface area (Å²) >= 11 is 6.57. The lowest BCUT2D eigenvalue weighted by molar-refractivity contribution is -0.0691. The Balaban J connectivity index is 1.93. The van der Waals surface area contributed by atoms with Crippen molar-refractivity contribution < 1.29 is 19.1 Å². The van der Waals surface area contributed by atoms with Gasteiger partial charge < -0.3 is 9.47 Å². The number of carbonyl (C=O) groups excluding carboxylic acids is 2. The third-order valence-electron chi connectivity index (χ3n) is 2.71. The van der Waals surface area contributed by atoms with Crippen molar-refractivity contribution in [3.63, 3.8) is 0 Å². The third kappa shape index (κ3) is 4.68.